The molecule has 0 aliphatic rings. The van der Waals surface area contributed by atoms with E-state index in [4.69, 9.17) is 4.42 Å². The van der Waals surface area contributed by atoms with Gasteiger partial charge in [-0.15, -0.1) is 0 Å². The van der Waals surface area contributed by atoms with Gasteiger partial charge in [0.05, 0.1) is 18.0 Å². The molecule has 3 aromatic rings. The van der Waals surface area contributed by atoms with E-state index in [0.717, 1.165) is 5.69 Å². The molecule has 0 aliphatic carbocycles. The van der Waals surface area contributed by atoms with E-state index in [0.29, 0.717) is 11.3 Å². The molecule has 0 saturated carbocycles. The smallest absolute Gasteiger partial charge is 0.291 e. The first kappa shape index (κ1) is 16.4. The van der Waals surface area contributed by atoms with E-state index >= 15 is 0 Å². The Hall–Kier alpha value is -3.41. The van der Waals surface area contributed by atoms with Crippen LogP contribution in [-0.4, -0.2) is 16.8 Å². The minimum Gasteiger partial charge on any atom is -0.459 e. The van der Waals surface area contributed by atoms with Crippen LogP contribution in [0.3, 0.4) is 0 Å². The molecule has 2 heterocycles. The van der Waals surface area contributed by atoms with Crippen molar-refractivity contribution < 1.29 is 14.0 Å². The minimum atomic E-state index is -0.342. The quantitative estimate of drug-likeness (QED) is 0.748. The summed E-state index contributed by atoms with van der Waals surface area (Å²) in [5.41, 5.74) is 1.87. The number of anilines is 1. The lowest BCUT2D eigenvalue weighted by Crippen LogP contribution is -2.27. The molecule has 2 aromatic heterocycles. The van der Waals surface area contributed by atoms with E-state index in [-0.39, 0.29) is 23.6 Å². The van der Waals surface area contributed by atoms with E-state index < -0.39 is 0 Å². The highest BCUT2D eigenvalue weighted by Crippen LogP contribution is 2.14. The number of aromatic nitrogens is 1. The fraction of sp³-hybridized carbons (Fsp3) is 0.105. The number of nitrogens with one attached hydrogen (secondary N) is 2. The Kier molecular flexibility index (Phi) is 4.89. The van der Waals surface area contributed by atoms with Gasteiger partial charge in [0.25, 0.3) is 11.8 Å². The number of rotatable bonds is 5. The van der Waals surface area contributed by atoms with Gasteiger partial charge in [0.1, 0.15) is 0 Å². The number of amides is 2. The normalized spacial score (nSPS) is 11.6. The molecule has 0 radical (unpaired) electrons. The van der Waals surface area contributed by atoms with Crippen molar-refractivity contribution in [1.82, 2.24) is 10.3 Å². The summed E-state index contributed by atoms with van der Waals surface area (Å²) in [7, 11) is 0. The molecule has 3 rings (SSSR count). The Balaban J connectivity index is 1.61. The molecule has 0 bridgehead atoms. The van der Waals surface area contributed by atoms with Gasteiger partial charge < -0.3 is 15.1 Å². The number of carbonyl (C=O) groups is 2. The second kappa shape index (κ2) is 7.44. The number of furan rings is 1. The van der Waals surface area contributed by atoms with Gasteiger partial charge in [-0.1, -0.05) is 6.07 Å². The summed E-state index contributed by atoms with van der Waals surface area (Å²) in [6.07, 6.45) is 3.12. The zero-order chi connectivity index (χ0) is 17.6. The minimum absolute atomic E-state index is 0.202. The van der Waals surface area contributed by atoms with Crippen LogP contribution in [0, 0.1) is 0 Å². The summed E-state index contributed by atoms with van der Waals surface area (Å²) in [5, 5.41) is 5.59. The predicted octanol–water partition coefficient (Wildman–Crippen LogP) is 3.42. The number of pyridine rings is 1. The van der Waals surface area contributed by atoms with Crippen molar-refractivity contribution >= 4 is 17.5 Å². The third-order valence-electron chi connectivity index (χ3n) is 3.63. The number of hydrogen-bond acceptors (Lipinski definition) is 4. The molecule has 25 heavy (non-hydrogen) atoms. The van der Waals surface area contributed by atoms with E-state index in [1.54, 1.807) is 42.6 Å². The van der Waals surface area contributed by atoms with Crippen molar-refractivity contribution in [3.8, 4) is 0 Å². The van der Waals surface area contributed by atoms with Gasteiger partial charge in [0.2, 0.25) is 0 Å². The van der Waals surface area contributed by atoms with Crippen LogP contribution in [0.5, 0.6) is 0 Å². The lowest BCUT2D eigenvalue weighted by molar-refractivity contribution is 0.0938. The van der Waals surface area contributed by atoms with Crippen LogP contribution in [-0.2, 0) is 0 Å². The van der Waals surface area contributed by atoms with Gasteiger partial charge in [0, 0.05) is 17.4 Å². The largest absolute Gasteiger partial charge is 0.459 e. The zero-order valence-corrected chi connectivity index (χ0v) is 13.6. The topological polar surface area (TPSA) is 84.2 Å². The summed E-state index contributed by atoms with van der Waals surface area (Å²) >= 11 is 0. The van der Waals surface area contributed by atoms with Crippen LogP contribution >= 0.6 is 0 Å². The number of nitrogens with zero attached hydrogens (tertiary/aromatic N) is 1. The monoisotopic (exact) mass is 335 g/mol. The van der Waals surface area contributed by atoms with Crippen LogP contribution in [0.25, 0.3) is 0 Å². The molecule has 1 atom stereocenters. The molecule has 2 amide bonds. The van der Waals surface area contributed by atoms with Gasteiger partial charge in [-0.25, -0.2) is 0 Å². The van der Waals surface area contributed by atoms with Gasteiger partial charge in [-0.2, -0.15) is 0 Å². The summed E-state index contributed by atoms with van der Waals surface area (Å²) < 4.78 is 5.03. The lowest BCUT2D eigenvalue weighted by Gasteiger charge is -2.13. The van der Waals surface area contributed by atoms with Crippen LogP contribution < -0.4 is 10.6 Å². The van der Waals surface area contributed by atoms with Crippen molar-refractivity contribution in [2.45, 2.75) is 13.0 Å². The number of carbonyl (C=O) groups excluding carboxylic acids is 2. The first-order chi connectivity index (χ1) is 12.1. The maximum absolute atomic E-state index is 12.3. The average Bonchev–Trinajstić information content (AvgIpc) is 3.18. The molecule has 0 saturated heterocycles. The first-order valence-electron chi connectivity index (χ1n) is 7.80. The van der Waals surface area contributed by atoms with Crippen LogP contribution in [0.1, 0.15) is 39.6 Å². The molecule has 0 fully saturated rings. The summed E-state index contributed by atoms with van der Waals surface area (Å²) in [4.78, 5) is 28.4. The Morgan fingerprint density at radius 1 is 1.00 bits per heavy atom. The van der Waals surface area contributed by atoms with Crippen LogP contribution in [0.15, 0.2) is 71.5 Å². The summed E-state index contributed by atoms with van der Waals surface area (Å²) in [5.74, 6) is -0.320. The third-order valence-corrected chi connectivity index (χ3v) is 3.63. The van der Waals surface area contributed by atoms with Crippen molar-refractivity contribution in [2.75, 3.05) is 5.32 Å². The molecule has 6 nitrogen and oxygen atoms in total. The highest BCUT2D eigenvalue weighted by molar-refractivity contribution is 6.02. The van der Waals surface area contributed by atoms with Gasteiger partial charge in [-0.3, -0.25) is 14.6 Å². The van der Waals surface area contributed by atoms with E-state index in [1.165, 1.54) is 6.26 Å². The molecule has 1 aromatic carbocycles. The molecule has 2 N–H and O–H groups in total. The van der Waals surface area contributed by atoms with Crippen molar-refractivity contribution in [1.29, 1.82) is 0 Å². The SMILES string of the molecule is C[C@H](NC(=O)c1ccc(NC(=O)c2ccco2)cc1)c1ccccn1. The molecule has 0 aliphatic heterocycles. The maximum atomic E-state index is 12.3. The standard InChI is InChI=1S/C19H17N3O3/c1-13(16-5-2-3-11-20-16)21-18(23)14-7-9-15(10-8-14)22-19(24)17-6-4-12-25-17/h2-13H,1H3,(H,21,23)(H,22,24)/t13-/m0/s1. The predicted molar refractivity (Wildman–Crippen MR) is 93.2 cm³/mol. The average molecular weight is 335 g/mol. The van der Waals surface area contributed by atoms with E-state index in [9.17, 15) is 9.59 Å². The Morgan fingerprint density at radius 3 is 2.44 bits per heavy atom. The fourth-order valence-electron chi connectivity index (χ4n) is 2.29. The van der Waals surface area contributed by atoms with Gasteiger partial charge in [0.15, 0.2) is 5.76 Å². The second-order valence-electron chi connectivity index (χ2n) is 5.46. The van der Waals surface area contributed by atoms with Crippen molar-refractivity contribution in [3.05, 3.63) is 84.1 Å². The second-order valence-corrected chi connectivity index (χ2v) is 5.46. The van der Waals surface area contributed by atoms with E-state index in [1.807, 2.05) is 25.1 Å². The Bertz CT molecular complexity index is 843. The highest BCUT2D eigenvalue weighted by atomic mass is 16.3. The molecule has 126 valence electrons. The van der Waals surface area contributed by atoms with Gasteiger partial charge in [-0.05, 0) is 55.5 Å². The molecule has 0 spiro atoms. The Morgan fingerprint density at radius 2 is 1.80 bits per heavy atom. The third kappa shape index (κ3) is 4.11. The Labute approximate surface area is 144 Å². The number of hydrogen-bond donors (Lipinski definition) is 2. The van der Waals surface area contributed by atoms with Crippen LogP contribution in [0.4, 0.5) is 5.69 Å². The first-order valence-corrected chi connectivity index (χ1v) is 7.80. The zero-order valence-electron chi connectivity index (χ0n) is 13.6. The van der Waals surface area contributed by atoms with Crippen LogP contribution in [0.2, 0.25) is 0 Å². The van der Waals surface area contributed by atoms with Crippen molar-refractivity contribution in [3.63, 3.8) is 0 Å². The number of benzene rings is 1. The molecule has 6 heteroatoms. The van der Waals surface area contributed by atoms with Crippen molar-refractivity contribution in [2.24, 2.45) is 0 Å². The summed E-state index contributed by atoms with van der Waals surface area (Å²) in [6.45, 7) is 1.87. The van der Waals surface area contributed by atoms with Gasteiger partial charge >= 0.3 is 0 Å². The van der Waals surface area contributed by atoms with E-state index in [2.05, 4.69) is 15.6 Å². The fourth-order valence-corrected chi connectivity index (χ4v) is 2.29. The molecular formula is C19H17N3O3. The molecule has 0 unspecified atom stereocenters. The maximum Gasteiger partial charge on any atom is 0.291 e. The highest BCUT2D eigenvalue weighted by Gasteiger charge is 2.13. The lowest BCUT2D eigenvalue weighted by atomic mass is 10.1. The summed E-state index contributed by atoms with van der Waals surface area (Å²) in [6, 6.07) is 15.2. The molecular weight excluding hydrogens is 318 g/mol.